The molecule has 9 nitrogen and oxygen atoms in total. The SMILES string of the molecule is O=C(O)c1cc([N+](=O)[O-])cc([N+](=O)[O-])c1OI. The molecule has 0 fully saturated rings. The zero-order chi connectivity index (χ0) is 13.2. The fourth-order valence-corrected chi connectivity index (χ4v) is 1.54. The Morgan fingerprint density at radius 1 is 1.29 bits per heavy atom. The summed E-state index contributed by atoms with van der Waals surface area (Å²) >= 11 is 1.26. The van der Waals surface area contributed by atoms with Crippen molar-refractivity contribution in [2.45, 2.75) is 0 Å². The van der Waals surface area contributed by atoms with Gasteiger partial charge in [-0.1, -0.05) is 0 Å². The Morgan fingerprint density at radius 3 is 2.24 bits per heavy atom. The van der Waals surface area contributed by atoms with E-state index in [1.54, 1.807) is 0 Å². The van der Waals surface area contributed by atoms with Crippen LogP contribution >= 0.6 is 23.0 Å². The third-order valence-electron chi connectivity index (χ3n) is 1.77. The van der Waals surface area contributed by atoms with Gasteiger partial charge in [0.15, 0.2) is 23.0 Å². The number of carbonyl (C=O) groups is 1. The number of rotatable bonds is 4. The molecule has 0 aromatic heterocycles. The van der Waals surface area contributed by atoms with Gasteiger partial charge in [-0.15, -0.1) is 0 Å². The Balaban J connectivity index is 3.63. The van der Waals surface area contributed by atoms with E-state index in [1.165, 1.54) is 23.0 Å². The van der Waals surface area contributed by atoms with Gasteiger partial charge in [0.25, 0.3) is 5.69 Å². The standard InChI is InChI=1S/C7H3IN2O7/c8-17-6-4(7(11)12)1-3(9(13)14)2-5(6)10(15)16/h1-2H,(H,11,12). The van der Waals surface area contributed by atoms with Gasteiger partial charge in [0, 0.05) is 6.07 Å². The lowest BCUT2D eigenvalue weighted by Crippen LogP contribution is -2.03. The second kappa shape index (κ2) is 4.90. The van der Waals surface area contributed by atoms with Crippen LogP contribution in [0.1, 0.15) is 10.4 Å². The second-order valence-electron chi connectivity index (χ2n) is 2.74. The van der Waals surface area contributed by atoms with E-state index < -0.39 is 38.5 Å². The molecule has 1 aromatic carbocycles. The second-order valence-corrected chi connectivity index (χ2v) is 3.18. The van der Waals surface area contributed by atoms with Crippen LogP contribution in [0.15, 0.2) is 12.1 Å². The van der Waals surface area contributed by atoms with Crippen molar-refractivity contribution in [3.63, 3.8) is 0 Å². The average molecular weight is 354 g/mol. The summed E-state index contributed by atoms with van der Waals surface area (Å²) in [7, 11) is 0. The van der Waals surface area contributed by atoms with E-state index in [2.05, 4.69) is 3.07 Å². The van der Waals surface area contributed by atoms with Gasteiger partial charge in [-0.3, -0.25) is 20.2 Å². The lowest BCUT2D eigenvalue weighted by molar-refractivity contribution is -0.394. The predicted octanol–water partition coefficient (Wildman–Crippen LogP) is 1.93. The molecule has 0 unspecified atom stereocenters. The smallest absolute Gasteiger partial charge is 0.340 e. The van der Waals surface area contributed by atoms with Crippen molar-refractivity contribution in [2.75, 3.05) is 0 Å². The molecule has 17 heavy (non-hydrogen) atoms. The number of carboxylic acid groups (broad SMARTS) is 1. The molecule has 0 radical (unpaired) electrons. The van der Waals surface area contributed by atoms with Gasteiger partial charge in [0.05, 0.1) is 15.9 Å². The highest BCUT2D eigenvalue weighted by molar-refractivity contribution is 14.1. The first-order valence-corrected chi connectivity index (χ1v) is 4.75. The van der Waals surface area contributed by atoms with E-state index in [4.69, 9.17) is 5.11 Å². The highest BCUT2D eigenvalue weighted by Gasteiger charge is 2.28. The number of carboxylic acids is 1. The van der Waals surface area contributed by atoms with Crippen LogP contribution in [0.3, 0.4) is 0 Å². The summed E-state index contributed by atoms with van der Waals surface area (Å²) in [6.45, 7) is 0. The van der Waals surface area contributed by atoms with E-state index in [-0.39, 0.29) is 0 Å². The summed E-state index contributed by atoms with van der Waals surface area (Å²) in [4.78, 5) is 30.1. The molecule has 0 aliphatic heterocycles. The van der Waals surface area contributed by atoms with Crippen molar-refractivity contribution < 1.29 is 22.8 Å². The lowest BCUT2D eigenvalue weighted by Gasteiger charge is -2.03. The highest BCUT2D eigenvalue weighted by Crippen LogP contribution is 2.36. The number of non-ortho nitro benzene ring substituents is 1. The Bertz CT molecular complexity index is 480. The fraction of sp³-hybridized carbons (Fsp3) is 0. The van der Waals surface area contributed by atoms with E-state index in [1.807, 2.05) is 0 Å². The monoisotopic (exact) mass is 354 g/mol. The lowest BCUT2D eigenvalue weighted by atomic mass is 10.1. The van der Waals surface area contributed by atoms with Crippen LogP contribution in [0.4, 0.5) is 11.4 Å². The number of hydrogen-bond acceptors (Lipinski definition) is 6. The molecule has 10 heteroatoms. The summed E-state index contributed by atoms with van der Waals surface area (Å²) in [6, 6.07) is 1.34. The first-order valence-electron chi connectivity index (χ1n) is 3.87. The minimum Gasteiger partial charge on any atom is -0.478 e. The molecular formula is C7H3IN2O7. The number of nitrogens with zero attached hydrogens (tertiary/aromatic N) is 2. The highest BCUT2D eigenvalue weighted by atomic mass is 127. The molecule has 0 bridgehead atoms. The predicted molar refractivity (Wildman–Crippen MR) is 61.4 cm³/mol. The van der Waals surface area contributed by atoms with Gasteiger partial charge in [-0.2, -0.15) is 0 Å². The largest absolute Gasteiger partial charge is 0.478 e. The minimum atomic E-state index is -1.55. The van der Waals surface area contributed by atoms with Gasteiger partial charge in [-0.25, -0.2) is 4.79 Å². The summed E-state index contributed by atoms with van der Waals surface area (Å²) < 4.78 is 4.56. The third-order valence-corrected chi connectivity index (χ3v) is 2.21. The zero-order valence-electron chi connectivity index (χ0n) is 7.82. The fourth-order valence-electron chi connectivity index (χ4n) is 1.08. The Labute approximate surface area is 107 Å². The van der Waals surface area contributed by atoms with E-state index >= 15 is 0 Å². The molecule has 0 amide bonds. The number of benzene rings is 1. The first kappa shape index (κ1) is 13.1. The Kier molecular flexibility index (Phi) is 3.77. The van der Waals surface area contributed by atoms with Crippen LogP contribution in [0.2, 0.25) is 0 Å². The number of halogens is 1. The molecule has 1 N–H and O–H groups in total. The van der Waals surface area contributed by atoms with Crippen molar-refractivity contribution in [1.82, 2.24) is 0 Å². The first-order chi connectivity index (χ1) is 7.88. The molecule has 1 rings (SSSR count). The van der Waals surface area contributed by atoms with Crippen molar-refractivity contribution in [3.8, 4) is 5.75 Å². The zero-order valence-corrected chi connectivity index (χ0v) is 9.98. The summed E-state index contributed by atoms with van der Waals surface area (Å²) in [5, 5.41) is 29.9. The number of hydrogen-bond donors (Lipinski definition) is 1. The molecule has 0 atom stereocenters. The van der Waals surface area contributed by atoms with Crippen molar-refractivity contribution in [2.24, 2.45) is 0 Å². The molecule has 1 aromatic rings. The van der Waals surface area contributed by atoms with E-state index in [0.29, 0.717) is 12.1 Å². The number of aromatic carboxylic acids is 1. The molecule has 0 saturated carbocycles. The molecule has 0 saturated heterocycles. The van der Waals surface area contributed by atoms with Crippen LogP contribution in [-0.2, 0) is 0 Å². The Morgan fingerprint density at radius 2 is 1.88 bits per heavy atom. The summed E-state index contributed by atoms with van der Waals surface area (Å²) in [6.07, 6.45) is 0. The summed E-state index contributed by atoms with van der Waals surface area (Å²) in [5.41, 5.74) is -2.10. The molecule has 90 valence electrons. The van der Waals surface area contributed by atoms with E-state index in [0.717, 1.165) is 0 Å². The molecule has 0 heterocycles. The van der Waals surface area contributed by atoms with Gasteiger partial charge in [-0.05, 0) is 0 Å². The van der Waals surface area contributed by atoms with Crippen LogP contribution in [0.5, 0.6) is 5.75 Å². The number of nitro benzene ring substituents is 2. The molecule has 0 aliphatic carbocycles. The maximum Gasteiger partial charge on any atom is 0.340 e. The van der Waals surface area contributed by atoms with Gasteiger partial charge in [0.1, 0.15) is 5.56 Å². The van der Waals surface area contributed by atoms with E-state index in [9.17, 15) is 25.0 Å². The Hall–Kier alpha value is -1.98. The maximum absolute atomic E-state index is 10.8. The van der Waals surface area contributed by atoms with Crippen molar-refractivity contribution in [1.29, 1.82) is 0 Å². The molecule has 0 aliphatic rings. The van der Waals surface area contributed by atoms with Crippen LogP contribution < -0.4 is 3.07 Å². The van der Waals surface area contributed by atoms with Crippen molar-refractivity contribution >= 4 is 40.3 Å². The quantitative estimate of drug-likeness (QED) is 0.496. The van der Waals surface area contributed by atoms with Crippen LogP contribution in [0.25, 0.3) is 0 Å². The van der Waals surface area contributed by atoms with Gasteiger partial charge in [0.2, 0.25) is 5.75 Å². The normalized spacial score (nSPS) is 9.71. The van der Waals surface area contributed by atoms with Gasteiger partial charge < -0.3 is 8.17 Å². The maximum atomic E-state index is 10.8. The molecular weight excluding hydrogens is 351 g/mol. The summed E-state index contributed by atoms with van der Waals surface area (Å²) in [5.74, 6) is -2.09. The number of nitro groups is 2. The molecule has 0 spiro atoms. The minimum absolute atomic E-state index is 0.534. The average Bonchev–Trinajstić information content (AvgIpc) is 2.26. The topological polar surface area (TPSA) is 133 Å². The van der Waals surface area contributed by atoms with Crippen molar-refractivity contribution in [3.05, 3.63) is 37.9 Å². The third kappa shape index (κ3) is 2.58. The van der Waals surface area contributed by atoms with Gasteiger partial charge >= 0.3 is 11.7 Å². The van der Waals surface area contributed by atoms with Crippen LogP contribution in [-0.4, -0.2) is 20.9 Å². The van der Waals surface area contributed by atoms with Crippen LogP contribution in [0, 0.1) is 20.2 Å².